The Hall–Kier alpha value is -1.27. The summed E-state index contributed by atoms with van der Waals surface area (Å²) in [5.41, 5.74) is 0.418. The van der Waals surface area contributed by atoms with E-state index in [9.17, 15) is 13.6 Å². The molecule has 1 aliphatic rings. The van der Waals surface area contributed by atoms with Crippen LogP contribution in [-0.4, -0.2) is 10.2 Å². The first-order valence-corrected chi connectivity index (χ1v) is 5.48. The van der Waals surface area contributed by atoms with Gasteiger partial charge in [-0.1, -0.05) is 30.0 Å². The first kappa shape index (κ1) is 11.2. The van der Waals surface area contributed by atoms with Crippen molar-refractivity contribution in [3.05, 3.63) is 40.3 Å². The van der Waals surface area contributed by atoms with E-state index in [1.807, 2.05) is 0 Å². The van der Waals surface area contributed by atoms with Crippen LogP contribution in [0.5, 0.6) is 0 Å². The summed E-state index contributed by atoms with van der Waals surface area (Å²) in [5, 5.41) is 2.43. The van der Waals surface area contributed by atoms with Gasteiger partial charge in [0.2, 0.25) is 0 Å². The number of halogens is 2. The van der Waals surface area contributed by atoms with E-state index in [1.54, 1.807) is 0 Å². The summed E-state index contributed by atoms with van der Waals surface area (Å²) in [6.07, 6.45) is 1.46. The third-order valence-electron chi connectivity index (χ3n) is 1.88. The van der Waals surface area contributed by atoms with E-state index < -0.39 is 11.6 Å². The molecular formula is C10H5F2NOS2. The highest BCUT2D eigenvalue weighted by Gasteiger charge is 2.21. The molecule has 0 radical (unpaired) electrons. The van der Waals surface area contributed by atoms with Crippen molar-refractivity contribution < 1.29 is 13.6 Å². The molecule has 1 saturated heterocycles. The number of rotatable bonds is 1. The molecule has 1 N–H and O–H groups in total. The zero-order valence-corrected chi connectivity index (χ0v) is 9.42. The summed E-state index contributed by atoms with van der Waals surface area (Å²) in [6.45, 7) is 0. The van der Waals surface area contributed by atoms with Gasteiger partial charge in [-0.05, 0) is 23.8 Å². The molecular weight excluding hydrogens is 252 g/mol. The highest BCUT2D eigenvalue weighted by molar-refractivity contribution is 8.26. The largest absolute Gasteiger partial charge is 0.307 e. The van der Waals surface area contributed by atoms with E-state index >= 15 is 0 Å². The molecule has 1 aromatic rings. The van der Waals surface area contributed by atoms with Crippen molar-refractivity contribution >= 4 is 40.3 Å². The average Bonchev–Trinajstić information content (AvgIpc) is 2.51. The topological polar surface area (TPSA) is 29.1 Å². The van der Waals surface area contributed by atoms with Crippen LogP contribution < -0.4 is 5.32 Å². The van der Waals surface area contributed by atoms with E-state index in [0.29, 0.717) is 14.8 Å². The lowest BCUT2D eigenvalue weighted by Gasteiger charge is -1.96. The van der Waals surface area contributed by atoms with E-state index in [4.69, 9.17) is 12.2 Å². The van der Waals surface area contributed by atoms with Gasteiger partial charge >= 0.3 is 0 Å². The minimum atomic E-state index is -0.944. The third-order valence-corrected chi connectivity index (χ3v) is 3.05. The summed E-state index contributed by atoms with van der Waals surface area (Å²) < 4.78 is 25.9. The fraction of sp³-hybridized carbons (Fsp3) is 0. The Morgan fingerprint density at radius 3 is 2.62 bits per heavy atom. The van der Waals surface area contributed by atoms with Crippen molar-refractivity contribution in [2.75, 3.05) is 0 Å². The highest BCUT2D eigenvalue weighted by atomic mass is 32.2. The van der Waals surface area contributed by atoms with Crippen molar-refractivity contribution in [1.29, 1.82) is 0 Å². The van der Waals surface area contributed by atoms with Crippen LogP contribution in [0.15, 0.2) is 23.1 Å². The zero-order valence-electron chi connectivity index (χ0n) is 7.79. The smallest absolute Gasteiger partial charge is 0.263 e. The Morgan fingerprint density at radius 1 is 1.31 bits per heavy atom. The molecule has 82 valence electrons. The number of thioether (sulfide) groups is 1. The quantitative estimate of drug-likeness (QED) is 0.619. The third kappa shape index (κ3) is 2.28. The molecule has 1 heterocycles. The van der Waals surface area contributed by atoms with Crippen molar-refractivity contribution in [2.45, 2.75) is 0 Å². The SMILES string of the molecule is O=C1NC(=S)S/C1=C\c1ccc(F)c(F)c1. The van der Waals surface area contributed by atoms with Gasteiger partial charge in [-0.2, -0.15) is 0 Å². The Balaban J connectivity index is 2.32. The van der Waals surface area contributed by atoms with Gasteiger partial charge < -0.3 is 5.32 Å². The summed E-state index contributed by atoms with van der Waals surface area (Å²) in [6, 6.07) is 3.43. The molecule has 2 nitrogen and oxygen atoms in total. The van der Waals surface area contributed by atoms with Crippen LogP contribution in [0.4, 0.5) is 8.78 Å². The number of hydrogen-bond donors (Lipinski definition) is 1. The maximum absolute atomic E-state index is 12.9. The van der Waals surface area contributed by atoms with E-state index in [2.05, 4.69) is 5.32 Å². The predicted molar refractivity (Wildman–Crippen MR) is 62.7 cm³/mol. The second kappa shape index (κ2) is 4.31. The van der Waals surface area contributed by atoms with Crippen LogP contribution in [0.1, 0.15) is 5.56 Å². The van der Waals surface area contributed by atoms with Crippen LogP contribution in [-0.2, 0) is 4.79 Å². The van der Waals surface area contributed by atoms with Gasteiger partial charge in [0.15, 0.2) is 11.6 Å². The molecule has 1 amide bonds. The van der Waals surface area contributed by atoms with Crippen molar-refractivity contribution in [2.24, 2.45) is 0 Å². The van der Waals surface area contributed by atoms with Gasteiger partial charge in [-0.25, -0.2) is 8.78 Å². The van der Waals surface area contributed by atoms with Gasteiger partial charge in [0.25, 0.3) is 5.91 Å². The van der Waals surface area contributed by atoms with Crippen LogP contribution in [0.2, 0.25) is 0 Å². The lowest BCUT2D eigenvalue weighted by atomic mass is 10.2. The Morgan fingerprint density at radius 2 is 2.06 bits per heavy atom. The van der Waals surface area contributed by atoms with Crippen LogP contribution in [0.25, 0.3) is 6.08 Å². The number of hydrogen-bond acceptors (Lipinski definition) is 3. The number of thiocarbonyl (C=S) groups is 1. The molecule has 1 aliphatic heterocycles. The lowest BCUT2D eigenvalue weighted by Crippen LogP contribution is -2.17. The molecule has 16 heavy (non-hydrogen) atoms. The molecule has 0 aromatic heterocycles. The maximum Gasteiger partial charge on any atom is 0.263 e. The fourth-order valence-corrected chi connectivity index (χ4v) is 2.22. The molecule has 2 rings (SSSR count). The number of carbonyl (C=O) groups excluding carboxylic acids is 1. The van der Waals surface area contributed by atoms with Gasteiger partial charge in [0.05, 0.1) is 4.91 Å². The fourth-order valence-electron chi connectivity index (χ4n) is 1.17. The first-order chi connectivity index (χ1) is 7.56. The Bertz CT molecular complexity index is 514. The molecule has 0 saturated carbocycles. The molecule has 0 bridgehead atoms. The summed E-state index contributed by atoms with van der Waals surface area (Å²) in [4.78, 5) is 11.7. The normalized spacial score (nSPS) is 18.0. The summed E-state index contributed by atoms with van der Waals surface area (Å²) in [5.74, 6) is -2.18. The van der Waals surface area contributed by atoms with Gasteiger partial charge in [-0.3, -0.25) is 4.79 Å². The Labute approximate surface area is 99.7 Å². The number of carbonyl (C=O) groups is 1. The monoisotopic (exact) mass is 257 g/mol. The zero-order chi connectivity index (χ0) is 11.7. The van der Waals surface area contributed by atoms with Crippen molar-refractivity contribution in [1.82, 2.24) is 5.32 Å². The van der Waals surface area contributed by atoms with E-state index in [0.717, 1.165) is 23.9 Å². The maximum atomic E-state index is 12.9. The predicted octanol–water partition coefficient (Wildman–Crippen LogP) is 2.45. The molecule has 0 aliphatic carbocycles. The van der Waals surface area contributed by atoms with Crippen LogP contribution >= 0.6 is 24.0 Å². The second-order valence-electron chi connectivity index (χ2n) is 3.03. The summed E-state index contributed by atoms with van der Waals surface area (Å²) >= 11 is 5.89. The molecule has 1 aromatic carbocycles. The Kier molecular flexibility index (Phi) is 3.02. The van der Waals surface area contributed by atoms with Crippen LogP contribution in [0, 0.1) is 11.6 Å². The minimum absolute atomic E-state index is 0.320. The minimum Gasteiger partial charge on any atom is -0.307 e. The highest BCUT2D eigenvalue weighted by Crippen LogP contribution is 2.26. The van der Waals surface area contributed by atoms with Crippen molar-refractivity contribution in [3.8, 4) is 0 Å². The van der Waals surface area contributed by atoms with Gasteiger partial charge in [0.1, 0.15) is 4.32 Å². The number of amides is 1. The lowest BCUT2D eigenvalue weighted by molar-refractivity contribution is -0.115. The second-order valence-corrected chi connectivity index (χ2v) is 4.74. The first-order valence-electron chi connectivity index (χ1n) is 4.26. The van der Waals surface area contributed by atoms with Crippen LogP contribution in [0.3, 0.4) is 0 Å². The molecule has 0 spiro atoms. The number of nitrogens with one attached hydrogen (secondary N) is 1. The van der Waals surface area contributed by atoms with E-state index in [-0.39, 0.29) is 5.91 Å². The average molecular weight is 257 g/mol. The molecule has 1 fully saturated rings. The standard InChI is InChI=1S/C10H5F2NOS2/c11-6-2-1-5(3-7(6)12)4-8-9(14)13-10(15)16-8/h1-4H,(H,13,14,15)/b8-4-. The molecule has 0 atom stereocenters. The van der Waals surface area contributed by atoms with Gasteiger partial charge in [-0.15, -0.1) is 0 Å². The number of benzene rings is 1. The molecule has 6 heteroatoms. The van der Waals surface area contributed by atoms with Gasteiger partial charge in [0, 0.05) is 0 Å². The molecule has 0 unspecified atom stereocenters. The van der Waals surface area contributed by atoms with E-state index in [1.165, 1.54) is 12.1 Å². The summed E-state index contributed by atoms with van der Waals surface area (Å²) in [7, 11) is 0. The van der Waals surface area contributed by atoms with Crippen molar-refractivity contribution in [3.63, 3.8) is 0 Å².